The Balaban J connectivity index is 1.73. The molecule has 0 aromatic heterocycles. The Morgan fingerprint density at radius 3 is 2.59 bits per heavy atom. The third-order valence-corrected chi connectivity index (χ3v) is 6.25. The normalized spacial score (nSPS) is 26.7. The standard InChI is InChI=1S/C22H31ClN4O5/c1-22(2,3)18(26-19(29)14-7-6-12(24)9-15(14)23)21(31)27-8-4-5-16(27)20(30)25-13-10-17(28)32-11-13/h6-7,12-13,16,18H,4-5,8-11,24H2,1-3H3,(H,25,30)(H,26,29)/t12?,13-,16-,18+/m0/s1. The van der Waals surface area contributed by atoms with Crippen LogP contribution >= 0.6 is 11.6 Å². The predicted molar refractivity (Wildman–Crippen MR) is 118 cm³/mol. The molecule has 3 rings (SSSR count). The van der Waals surface area contributed by atoms with Crippen LogP contribution in [0.2, 0.25) is 0 Å². The highest BCUT2D eigenvalue weighted by Crippen LogP contribution is 2.28. The largest absolute Gasteiger partial charge is 0.463 e. The van der Waals surface area contributed by atoms with Gasteiger partial charge in [-0.3, -0.25) is 19.2 Å². The van der Waals surface area contributed by atoms with E-state index in [1.807, 2.05) is 20.8 Å². The number of carbonyl (C=O) groups is 4. The number of cyclic esters (lactones) is 1. The molecule has 0 aromatic rings. The number of ether oxygens (including phenoxy) is 1. The van der Waals surface area contributed by atoms with Gasteiger partial charge >= 0.3 is 5.97 Å². The molecule has 9 nitrogen and oxygen atoms in total. The molecular weight excluding hydrogens is 436 g/mol. The molecule has 4 N–H and O–H groups in total. The number of rotatable bonds is 5. The predicted octanol–water partition coefficient (Wildman–Crippen LogP) is 0.720. The van der Waals surface area contributed by atoms with Crippen LogP contribution in [0.25, 0.3) is 0 Å². The number of hydrogen-bond donors (Lipinski definition) is 3. The van der Waals surface area contributed by atoms with Crippen LogP contribution in [-0.4, -0.2) is 65.9 Å². The number of likely N-dealkylation sites (tertiary alicyclic amines) is 1. The van der Waals surface area contributed by atoms with E-state index in [0.29, 0.717) is 30.8 Å². The summed E-state index contributed by atoms with van der Waals surface area (Å²) in [6.45, 7) is 6.11. The van der Waals surface area contributed by atoms with Gasteiger partial charge < -0.3 is 26.0 Å². The number of amides is 3. The van der Waals surface area contributed by atoms with Crippen LogP contribution in [0.4, 0.5) is 0 Å². The fourth-order valence-electron chi connectivity index (χ4n) is 4.12. The van der Waals surface area contributed by atoms with Gasteiger partial charge in [-0.15, -0.1) is 0 Å². The summed E-state index contributed by atoms with van der Waals surface area (Å²) in [5.74, 6) is -1.44. The highest BCUT2D eigenvalue weighted by molar-refractivity contribution is 6.32. The van der Waals surface area contributed by atoms with E-state index in [-0.39, 0.29) is 48.5 Å². The van der Waals surface area contributed by atoms with Crippen molar-refractivity contribution < 1.29 is 23.9 Å². The van der Waals surface area contributed by atoms with Gasteiger partial charge in [-0.25, -0.2) is 0 Å². The molecular formula is C22H31ClN4O5. The highest BCUT2D eigenvalue weighted by atomic mass is 35.5. The van der Waals surface area contributed by atoms with Crippen LogP contribution in [0.1, 0.15) is 46.5 Å². The first kappa shape index (κ1) is 24.3. The van der Waals surface area contributed by atoms with E-state index in [4.69, 9.17) is 22.1 Å². The third-order valence-electron chi connectivity index (χ3n) is 5.89. The Hall–Kier alpha value is -2.39. The molecule has 2 fully saturated rings. The smallest absolute Gasteiger partial charge is 0.308 e. The van der Waals surface area contributed by atoms with Crippen LogP contribution in [0.3, 0.4) is 0 Å². The number of nitrogens with one attached hydrogen (secondary N) is 2. The summed E-state index contributed by atoms with van der Waals surface area (Å²) in [6.07, 6.45) is 4.95. The Morgan fingerprint density at radius 1 is 1.28 bits per heavy atom. The van der Waals surface area contributed by atoms with Crippen molar-refractivity contribution in [1.82, 2.24) is 15.5 Å². The maximum Gasteiger partial charge on any atom is 0.308 e. The lowest BCUT2D eigenvalue weighted by Crippen LogP contribution is -2.58. The average molecular weight is 467 g/mol. The summed E-state index contributed by atoms with van der Waals surface area (Å²) in [5, 5.41) is 5.98. The second-order valence-electron chi connectivity index (χ2n) is 9.60. The van der Waals surface area contributed by atoms with Crippen LogP contribution in [-0.2, 0) is 23.9 Å². The maximum atomic E-state index is 13.5. The Bertz CT molecular complexity index is 863. The lowest BCUT2D eigenvalue weighted by Gasteiger charge is -2.35. The molecule has 3 amide bonds. The quantitative estimate of drug-likeness (QED) is 0.512. The zero-order valence-electron chi connectivity index (χ0n) is 18.7. The van der Waals surface area contributed by atoms with Crippen molar-refractivity contribution in [1.29, 1.82) is 0 Å². The van der Waals surface area contributed by atoms with Gasteiger partial charge in [0.1, 0.15) is 18.7 Å². The zero-order valence-corrected chi connectivity index (χ0v) is 19.4. The molecule has 0 aromatic carbocycles. The second-order valence-corrected chi connectivity index (χ2v) is 10.1. The van der Waals surface area contributed by atoms with Gasteiger partial charge in [-0.05, 0) is 18.3 Å². The number of hydrogen-bond acceptors (Lipinski definition) is 6. The van der Waals surface area contributed by atoms with Crippen molar-refractivity contribution in [3.05, 3.63) is 22.8 Å². The maximum absolute atomic E-state index is 13.5. The average Bonchev–Trinajstić information content (AvgIpc) is 3.33. The van der Waals surface area contributed by atoms with Gasteiger partial charge in [0.2, 0.25) is 11.8 Å². The number of carbonyl (C=O) groups excluding carboxylic acids is 4. The summed E-state index contributed by atoms with van der Waals surface area (Å²) in [6, 6.07) is -2.15. The lowest BCUT2D eigenvalue weighted by molar-refractivity contribution is -0.143. The molecule has 176 valence electrons. The molecule has 2 saturated heterocycles. The summed E-state index contributed by atoms with van der Waals surface area (Å²) >= 11 is 6.24. The molecule has 4 atom stereocenters. The molecule has 1 unspecified atom stereocenters. The van der Waals surface area contributed by atoms with Crippen molar-refractivity contribution in [2.45, 2.75) is 70.6 Å². The van der Waals surface area contributed by atoms with Crippen molar-refractivity contribution in [2.24, 2.45) is 11.1 Å². The topological polar surface area (TPSA) is 131 Å². The van der Waals surface area contributed by atoms with Crippen LogP contribution in [0.15, 0.2) is 22.8 Å². The SMILES string of the molecule is CC(C)(C)[C@H](NC(=O)C1=C(Cl)CC(N)C=C1)C(=O)N1CCC[C@H]1C(=O)N[C@@H]1COC(=O)C1. The molecule has 32 heavy (non-hydrogen) atoms. The summed E-state index contributed by atoms with van der Waals surface area (Å²) in [5.41, 5.74) is 5.52. The minimum Gasteiger partial charge on any atom is -0.463 e. The second kappa shape index (κ2) is 9.62. The summed E-state index contributed by atoms with van der Waals surface area (Å²) in [7, 11) is 0. The molecule has 0 saturated carbocycles. The third kappa shape index (κ3) is 5.50. The van der Waals surface area contributed by atoms with Gasteiger partial charge in [-0.1, -0.05) is 44.5 Å². The van der Waals surface area contributed by atoms with E-state index in [0.717, 1.165) is 0 Å². The lowest BCUT2D eigenvalue weighted by atomic mass is 9.85. The molecule has 0 bridgehead atoms. The van der Waals surface area contributed by atoms with Gasteiger partial charge in [0.05, 0.1) is 18.0 Å². The van der Waals surface area contributed by atoms with Gasteiger partial charge in [0.25, 0.3) is 5.91 Å². The van der Waals surface area contributed by atoms with Crippen LogP contribution in [0.5, 0.6) is 0 Å². The number of halogens is 1. The molecule has 1 aliphatic carbocycles. The molecule has 2 heterocycles. The van der Waals surface area contributed by atoms with Gasteiger partial charge in [0, 0.05) is 24.0 Å². The van der Waals surface area contributed by atoms with Crippen molar-refractivity contribution in [2.75, 3.05) is 13.2 Å². The molecule has 0 spiro atoms. The van der Waals surface area contributed by atoms with Gasteiger partial charge in [-0.2, -0.15) is 0 Å². The zero-order chi connectivity index (χ0) is 23.6. The van der Waals surface area contributed by atoms with Crippen molar-refractivity contribution in [3.8, 4) is 0 Å². The number of nitrogens with two attached hydrogens (primary N) is 1. The monoisotopic (exact) mass is 466 g/mol. The van der Waals surface area contributed by atoms with E-state index in [9.17, 15) is 19.2 Å². The van der Waals surface area contributed by atoms with E-state index in [1.165, 1.54) is 4.90 Å². The summed E-state index contributed by atoms with van der Waals surface area (Å²) < 4.78 is 4.89. The van der Waals surface area contributed by atoms with Crippen LogP contribution < -0.4 is 16.4 Å². The fraction of sp³-hybridized carbons (Fsp3) is 0.636. The van der Waals surface area contributed by atoms with Crippen LogP contribution in [0, 0.1) is 5.41 Å². The highest BCUT2D eigenvalue weighted by Gasteiger charge is 2.43. The van der Waals surface area contributed by atoms with E-state index in [2.05, 4.69) is 10.6 Å². The van der Waals surface area contributed by atoms with Crippen molar-refractivity contribution in [3.63, 3.8) is 0 Å². The Labute approximate surface area is 192 Å². The minimum absolute atomic E-state index is 0.125. The molecule has 10 heteroatoms. The van der Waals surface area contributed by atoms with Crippen molar-refractivity contribution >= 4 is 35.3 Å². The number of nitrogens with zero attached hydrogens (tertiary/aromatic N) is 1. The first-order valence-corrected chi connectivity index (χ1v) is 11.2. The molecule has 3 aliphatic rings. The van der Waals surface area contributed by atoms with Gasteiger partial charge in [0.15, 0.2) is 0 Å². The number of esters is 1. The minimum atomic E-state index is -0.860. The molecule has 2 aliphatic heterocycles. The fourth-order valence-corrected chi connectivity index (χ4v) is 4.45. The first-order valence-electron chi connectivity index (χ1n) is 10.9. The van der Waals surface area contributed by atoms with E-state index in [1.54, 1.807) is 12.2 Å². The van der Waals surface area contributed by atoms with E-state index >= 15 is 0 Å². The first-order chi connectivity index (χ1) is 15.0. The Kier molecular flexibility index (Phi) is 7.29. The summed E-state index contributed by atoms with van der Waals surface area (Å²) in [4.78, 5) is 52.1. The Morgan fingerprint density at radius 2 is 2.00 bits per heavy atom. The van der Waals surface area contributed by atoms with E-state index < -0.39 is 23.4 Å². The molecule has 0 radical (unpaired) electrons.